The van der Waals surface area contributed by atoms with E-state index in [2.05, 4.69) is 50.0 Å². The number of hydrogen-bond donors (Lipinski definition) is 0. The van der Waals surface area contributed by atoms with Crippen LogP contribution in [0.25, 0.3) is 0 Å². The molecule has 25 heavy (non-hydrogen) atoms. The van der Waals surface area contributed by atoms with Crippen LogP contribution in [-0.4, -0.2) is 0 Å². The maximum atomic E-state index is 3.57. The largest absolute Gasteiger partial charge is 0.0945 e. The van der Waals surface area contributed by atoms with Crippen molar-refractivity contribution in [3.63, 3.8) is 0 Å². The van der Waals surface area contributed by atoms with E-state index in [1.165, 1.54) is 75.3 Å². The molecule has 0 N–H and O–H groups in total. The van der Waals surface area contributed by atoms with E-state index in [4.69, 9.17) is 0 Å². The topological polar surface area (TPSA) is 0 Å². The molecule has 0 heteroatoms. The number of aryl methyl sites for hydroxylation is 1. The fraction of sp³-hybridized carbons (Fsp3) is 0.680. The van der Waals surface area contributed by atoms with Crippen LogP contribution in [0.3, 0.4) is 0 Å². The molecule has 0 nitrogen and oxygen atoms in total. The number of benzene rings is 1. The molecule has 0 amide bonds. The van der Waals surface area contributed by atoms with Crippen molar-refractivity contribution in [3.8, 4) is 11.8 Å². The van der Waals surface area contributed by atoms with Crippen molar-refractivity contribution in [1.82, 2.24) is 0 Å². The predicted molar refractivity (Wildman–Crippen MR) is 109 cm³/mol. The molecule has 0 unspecified atom stereocenters. The Morgan fingerprint density at radius 2 is 1.40 bits per heavy atom. The van der Waals surface area contributed by atoms with Crippen LogP contribution in [-0.2, 0) is 6.42 Å². The third kappa shape index (κ3) is 5.37. The minimum atomic E-state index is 0.638. The molecule has 0 aromatic heterocycles. The second kappa shape index (κ2) is 9.47. The SMILES string of the molecule is CCC[C@H]1CC[C@H]([C@H]2CC[C@H](C#Cc3ccc(CC)cc3)CC2)CC1. The third-order valence-corrected chi connectivity index (χ3v) is 6.81. The smallest absolute Gasteiger partial charge is 0.0245 e. The minimum absolute atomic E-state index is 0.638. The summed E-state index contributed by atoms with van der Waals surface area (Å²) in [6.07, 6.45) is 15.5. The summed E-state index contributed by atoms with van der Waals surface area (Å²) in [7, 11) is 0. The predicted octanol–water partition coefficient (Wildman–Crippen LogP) is 7.01. The Labute approximate surface area is 155 Å². The average Bonchev–Trinajstić information content (AvgIpc) is 2.68. The Morgan fingerprint density at radius 1 is 0.800 bits per heavy atom. The molecule has 0 bridgehead atoms. The van der Waals surface area contributed by atoms with Gasteiger partial charge in [-0.05, 0) is 80.4 Å². The molecule has 3 rings (SSSR count). The molecule has 0 radical (unpaired) electrons. The molecule has 2 aliphatic rings. The fourth-order valence-electron chi connectivity index (χ4n) is 5.10. The van der Waals surface area contributed by atoms with Crippen molar-refractivity contribution in [2.45, 2.75) is 84.5 Å². The monoisotopic (exact) mass is 336 g/mol. The van der Waals surface area contributed by atoms with Crippen molar-refractivity contribution in [2.75, 3.05) is 0 Å². The Balaban J connectivity index is 1.44. The first-order valence-electron chi connectivity index (χ1n) is 10.9. The van der Waals surface area contributed by atoms with E-state index in [9.17, 15) is 0 Å². The normalized spacial score (nSPS) is 29.7. The van der Waals surface area contributed by atoms with E-state index < -0.39 is 0 Å². The highest BCUT2D eigenvalue weighted by atomic mass is 14.3. The van der Waals surface area contributed by atoms with Gasteiger partial charge in [0, 0.05) is 11.5 Å². The molecule has 2 aliphatic carbocycles. The van der Waals surface area contributed by atoms with Gasteiger partial charge in [-0.3, -0.25) is 0 Å². The molecule has 0 spiro atoms. The van der Waals surface area contributed by atoms with Crippen molar-refractivity contribution < 1.29 is 0 Å². The van der Waals surface area contributed by atoms with Crippen molar-refractivity contribution in [2.24, 2.45) is 23.7 Å². The molecule has 0 aliphatic heterocycles. The second-order valence-electron chi connectivity index (χ2n) is 8.50. The minimum Gasteiger partial charge on any atom is -0.0945 e. The Hall–Kier alpha value is -1.22. The van der Waals surface area contributed by atoms with Crippen LogP contribution in [0.4, 0.5) is 0 Å². The first kappa shape index (κ1) is 18.6. The first-order chi connectivity index (χ1) is 12.3. The van der Waals surface area contributed by atoms with Gasteiger partial charge in [-0.15, -0.1) is 0 Å². The quantitative estimate of drug-likeness (QED) is 0.518. The molecule has 0 atom stereocenters. The lowest BCUT2D eigenvalue weighted by molar-refractivity contribution is 0.154. The summed E-state index contributed by atoms with van der Waals surface area (Å²) in [5.74, 6) is 10.7. The van der Waals surface area contributed by atoms with Gasteiger partial charge in [-0.1, -0.05) is 63.5 Å². The van der Waals surface area contributed by atoms with Crippen molar-refractivity contribution in [3.05, 3.63) is 35.4 Å². The first-order valence-corrected chi connectivity index (χ1v) is 10.9. The fourth-order valence-corrected chi connectivity index (χ4v) is 5.10. The van der Waals surface area contributed by atoms with E-state index >= 15 is 0 Å². The summed E-state index contributed by atoms with van der Waals surface area (Å²) in [4.78, 5) is 0. The lowest BCUT2D eigenvalue weighted by Gasteiger charge is -2.37. The van der Waals surface area contributed by atoms with Crippen LogP contribution in [0.1, 0.15) is 89.2 Å². The van der Waals surface area contributed by atoms with Gasteiger partial charge in [0.25, 0.3) is 0 Å². The van der Waals surface area contributed by atoms with E-state index in [0.717, 1.165) is 24.2 Å². The summed E-state index contributed by atoms with van der Waals surface area (Å²) in [5.41, 5.74) is 2.59. The van der Waals surface area contributed by atoms with Crippen LogP contribution < -0.4 is 0 Å². The molecular formula is C25H36. The van der Waals surface area contributed by atoms with Gasteiger partial charge in [-0.2, -0.15) is 0 Å². The summed E-state index contributed by atoms with van der Waals surface area (Å²) >= 11 is 0. The van der Waals surface area contributed by atoms with Crippen molar-refractivity contribution >= 4 is 0 Å². The zero-order chi connectivity index (χ0) is 17.5. The van der Waals surface area contributed by atoms with Crippen LogP contribution in [0, 0.1) is 35.5 Å². The third-order valence-electron chi connectivity index (χ3n) is 6.81. The molecule has 2 saturated carbocycles. The molecule has 2 fully saturated rings. The van der Waals surface area contributed by atoms with Gasteiger partial charge in [-0.25, -0.2) is 0 Å². The highest BCUT2D eigenvalue weighted by Crippen LogP contribution is 2.42. The lowest BCUT2D eigenvalue weighted by Crippen LogP contribution is -2.25. The number of rotatable bonds is 4. The van der Waals surface area contributed by atoms with Crippen LogP contribution in [0.5, 0.6) is 0 Å². The van der Waals surface area contributed by atoms with Gasteiger partial charge in [0.1, 0.15) is 0 Å². The summed E-state index contributed by atoms with van der Waals surface area (Å²) in [6, 6.07) is 8.81. The molecule has 1 aromatic carbocycles. The highest BCUT2D eigenvalue weighted by Gasteiger charge is 2.30. The van der Waals surface area contributed by atoms with Gasteiger partial charge < -0.3 is 0 Å². The molecule has 0 saturated heterocycles. The zero-order valence-electron chi connectivity index (χ0n) is 16.4. The molecule has 1 aromatic rings. The number of hydrogen-bond acceptors (Lipinski definition) is 0. The van der Waals surface area contributed by atoms with Crippen molar-refractivity contribution in [1.29, 1.82) is 0 Å². The summed E-state index contributed by atoms with van der Waals surface area (Å²) in [6.45, 7) is 4.54. The van der Waals surface area contributed by atoms with E-state index in [-0.39, 0.29) is 0 Å². The van der Waals surface area contributed by atoms with E-state index in [1.807, 2.05) is 0 Å². The second-order valence-corrected chi connectivity index (χ2v) is 8.50. The van der Waals surface area contributed by atoms with E-state index in [1.54, 1.807) is 0 Å². The molecular weight excluding hydrogens is 300 g/mol. The average molecular weight is 337 g/mol. The van der Waals surface area contributed by atoms with Crippen LogP contribution in [0.15, 0.2) is 24.3 Å². The lowest BCUT2D eigenvalue weighted by atomic mass is 9.69. The zero-order valence-corrected chi connectivity index (χ0v) is 16.4. The Morgan fingerprint density at radius 3 is 1.96 bits per heavy atom. The summed E-state index contributed by atoms with van der Waals surface area (Å²) in [5, 5.41) is 0. The van der Waals surface area contributed by atoms with Crippen LogP contribution >= 0.6 is 0 Å². The maximum Gasteiger partial charge on any atom is 0.0245 e. The maximum absolute atomic E-state index is 3.57. The van der Waals surface area contributed by atoms with Crippen LogP contribution in [0.2, 0.25) is 0 Å². The molecule has 0 heterocycles. The standard InChI is InChI=1S/C25H36/c1-3-5-21-12-16-24(17-13-21)25-18-14-23(15-19-25)11-10-22-8-6-20(4-2)7-9-22/h6-9,21,23-25H,3-5,12-19H2,1-2H3/t21-,23-,24-,25-. The van der Waals surface area contributed by atoms with Gasteiger partial charge >= 0.3 is 0 Å². The highest BCUT2D eigenvalue weighted by molar-refractivity contribution is 5.36. The summed E-state index contributed by atoms with van der Waals surface area (Å²) < 4.78 is 0. The van der Waals surface area contributed by atoms with Gasteiger partial charge in [0.2, 0.25) is 0 Å². The Kier molecular flexibility index (Phi) is 7.03. The van der Waals surface area contributed by atoms with Gasteiger partial charge in [0.05, 0.1) is 0 Å². The molecule has 136 valence electrons. The van der Waals surface area contributed by atoms with E-state index in [0.29, 0.717) is 5.92 Å². The van der Waals surface area contributed by atoms with Gasteiger partial charge in [0.15, 0.2) is 0 Å². The Bertz CT molecular complexity index is 554.